The second kappa shape index (κ2) is 6.08. The molecule has 0 spiro atoms. The number of ether oxygens (including phenoxy) is 1. The van der Waals surface area contributed by atoms with Crippen LogP contribution in [0.5, 0.6) is 5.75 Å². The lowest BCUT2D eigenvalue weighted by molar-refractivity contribution is -0.111. The Labute approximate surface area is 118 Å². The number of amides is 1. The zero-order chi connectivity index (χ0) is 15.4. The standard InChI is InChI=1S/C14H12FNO5/c1-3-13(17)16-9-4-5-11(10(15)6-9)19-7-12-8(2)20-14(18)21-12/h3-6H,1,7H2,2H3,(H,16,17). The van der Waals surface area contributed by atoms with Crippen molar-refractivity contribution in [2.45, 2.75) is 13.5 Å². The number of halogens is 1. The predicted molar refractivity (Wildman–Crippen MR) is 71.5 cm³/mol. The number of anilines is 1. The van der Waals surface area contributed by atoms with Crippen molar-refractivity contribution in [2.75, 3.05) is 5.32 Å². The number of aryl methyl sites for hydroxylation is 1. The molecule has 0 atom stereocenters. The summed E-state index contributed by atoms with van der Waals surface area (Å²) in [5.41, 5.74) is 0.274. The van der Waals surface area contributed by atoms with Crippen LogP contribution in [0, 0.1) is 12.7 Å². The fraction of sp³-hybridized carbons (Fsp3) is 0.143. The highest BCUT2D eigenvalue weighted by atomic mass is 19.1. The van der Waals surface area contributed by atoms with Crippen LogP contribution in [0.2, 0.25) is 0 Å². The quantitative estimate of drug-likeness (QED) is 0.856. The first kappa shape index (κ1) is 14.6. The van der Waals surface area contributed by atoms with Gasteiger partial charge in [-0.1, -0.05) is 6.58 Å². The molecule has 0 saturated heterocycles. The van der Waals surface area contributed by atoms with Gasteiger partial charge in [-0.25, -0.2) is 9.18 Å². The van der Waals surface area contributed by atoms with Gasteiger partial charge in [-0.15, -0.1) is 0 Å². The fourth-order valence-electron chi connectivity index (χ4n) is 1.54. The molecular formula is C14H12FNO5. The Hall–Kier alpha value is -2.83. The lowest BCUT2D eigenvalue weighted by Gasteiger charge is -2.07. The van der Waals surface area contributed by atoms with Crippen molar-refractivity contribution in [3.8, 4) is 5.75 Å². The summed E-state index contributed by atoms with van der Waals surface area (Å²) in [5.74, 6) is -1.54. The van der Waals surface area contributed by atoms with Crippen molar-refractivity contribution in [3.05, 3.63) is 58.8 Å². The lowest BCUT2D eigenvalue weighted by atomic mass is 10.3. The Bertz CT molecular complexity index is 731. The molecule has 1 aromatic heterocycles. The minimum absolute atomic E-state index is 0.0464. The maximum Gasteiger partial charge on any atom is 0.519 e. The molecular weight excluding hydrogens is 281 g/mol. The van der Waals surface area contributed by atoms with E-state index >= 15 is 0 Å². The van der Waals surface area contributed by atoms with Crippen LogP contribution < -0.4 is 15.9 Å². The van der Waals surface area contributed by atoms with E-state index in [0.717, 1.165) is 12.1 Å². The predicted octanol–water partition coefficient (Wildman–Crippen LogP) is 2.38. The summed E-state index contributed by atoms with van der Waals surface area (Å²) in [6, 6.07) is 3.93. The molecule has 6 nitrogen and oxygen atoms in total. The Morgan fingerprint density at radius 3 is 2.81 bits per heavy atom. The van der Waals surface area contributed by atoms with E-state index in [1.165, 1.54) is 19.1 Å². The average Bonchev–Trinajstić information content (AvgIpc) is 2.76. The van der Waals surface area contributed by atoms with Crippen molar-refractivity contribution >= 4 is 11.6 Å². The fourth-order valence-corrected chi connectivity index (χ4v) is 1.54. The third kappa shape index (κ3) is 3.59. The highest BCUT2D eigenvalue weighted by molar-refractivity contribution is 5.98. The molecule has 21 heavy (non-hydrogen) atoms. The number of benzene rings is 1. The largest absolute Gasteiger partial charge is 0.519 e. The Morgan fingerprint density at radius 2 is 2.24 bits per heavy atom. The SMILES string of the molecule is C=CC(=O)Nc1ccc(OCc2oc(=O)oc2C)c(F)c1. The van der Waals surface area contributed by atoms with Crippen LogP contribution in [0.4, 0.5) is 10.1 Å². The van der Waals surface area contributed by atoms with Crippen LogP contribution in [0.1, 0.15) is 11.5 Å². The monoisotopic (exact) mass is 293 g/mol. The van der Waals surface area contributed by atoms with E-state index in [0.29, 0.717) is 0 Å². The first-order valence-electron chi connectivity index (χ1n) is 5.95. The van der Waals surface area contributed by atoms with Crippen LogP contribution in [-0.2, 0) is 11.4 Å². The van der Waals surface area contributed by atoms with Crippen molar-refractivity contribution in [1.82, 2.24) is 0 Å². The van der Waals surface area contributed by atoms with Gasteiger partial charge in [0, 0.05) is 11.8 Å². The van der Waals surface area contributed by atoms with Gasteiger partial charge in [-0.2, -0.15) is 0 Å². The van der Waals surface area contributed by atoms with Gasteiger partial charge in [0.2, 0.25) is 5.91 Å². The highest BCUT2D eigenvalue weighted by Gasteiger charge is 2.11. The molecule has 1 amide bonds. The second-order valence-corrected chi connectivity index (χ2v) is 4.06. The van der Waals surface area contributed by atoms with Crippen molar-refractivity contribution < 1.29 is 22.8 Å². The van der Waals surface area contributed by atoms with E-state index in [4.69, 9.17) is 9.15 Å². The maximum atomic E-state index is 13.8. The molecule has 0 aliphatic rings. The third-order valence-electron chi connectivity index (χ3n) is 2.58. The number of hydrogen-bond acceptors (Lipinski definition) is 5. The van der Waals surface area contributed by atoms with E-state index < -0.39 is 17.5 Å². The summed E-state index contributed by atoms with van der Waals surface area (Å²) in [6.45, 7) is 4.68. The van der Waals surface area contributed by atoms with Gasteiger partial charge < -0.3 is 18.9 Å². The van der Waals surface area contributed by atoms with E-state index in [2.05, 4.69) is 16.3 Å². The zero-order valence-electron chi connectivity index (χ0n) is 11.1. The van der Waals surface area contributed by atoms with Crippen molar-refractivity contribution in [2.24, 2.45) is 0 Å². The molecule has 2 aromatic rings. The Kier molecular flexibility index (Phi) is 4.22. The van der Waals surface area contributed by atoms with E-state index in [1.54, 1.807) is 0 Å². The van der Waals surface area contributed by atoms with Crippen LogP contribution in [0.15, 0.2) is 44.5 Å². The van der Waals surface area contributed by atoms with Gasteiger partial charge >= 0.3 is 5.82 Å². The van der Waals surface area contributed by atoms with Gasteiger partial charge in [-0.05, 0) is 25.1 Å². The van der Waals surface area contributed by atoms with E-state index in [9.17, 15) is 14.0 Å². The van der Waals surface area contributed by atoms with Crippen LogP contribution >= 0.6 is 0 Å². The van der Waals surface area contributed by atoms with Gasteiger partial charge in [0.05, 0.1) is 0 Å². The van der Waals surface area contributed by atoms with Crippen LogP contribution in [-0.4, -0.2) is 5.91 Å². The van der Waals surface area contributed by atoms with Gasteiger partial charge in [0.1, 0.15) is 6.61 Å². The zero-order valence-corrected chi connectivity index (χ0v) is 11.1. The minimum atomic E-state index is -0.839. The molecule has 110 valence electrons. The van der Waals surface area contributed by atoms with Crippen molar-refractivity contribution in [3.63, 3.8) is 0 Å². The van der Waals surface area contributed by atoms with Crippen molar-refractivity contribution in [1.29, 1.82) is 0 Å². The molecule has 1 N–H and O–H groups in total. The van der Waals surface area contributed by atoms with Crippen LogP contribution in [0.3, 0.4) is 0 Å². The van der Waals surface area contributed by atoms with Gasteiger partial charge in [0.25, 0.3) is 0 Å². The second-order valence-electron chi connectivity index (χ2n) is 4.06. The number of nitrogens with one attached hydrogen (secondary N) is 1. The number of hydrogen-bond donors (Lipinski definition) is 1. The van der Waals surface area contributed by atoms with E-state index in [1.807, 2.05) is 0 Å². The number of carbonyl (C=O) groups is 1. The topological polar surface area (TPSA) is 81.7 Å². The molecule has 2 rings (SSSR count). The number of carbonyl (C=O) groups excluding carboxylic acids is 1. The van der Waals surface area contributed by atoms with Gasteiger partial charge in [-0.3, -0.25) is 4.79 Å². The molecule has 0 unspecified atom stereocenters. The molecule has 0 saturated carbocycles. The summed E-state index contributed by atoms with van der Waals surface area (Å²) in [5, 5.41) is 2.42. The summed E-state index contributed by atoms with van der Waals surface area (Å²) < 4.78 is 28.4. The number of rotatable bonds is 5. The maximum absolute atomic E-state index is 13.8. The smallest absolute Gasteiger partial charge is 0.482 e. The Balaban J connectivity index is 2.07. The van der Waals surface area contributed by atoms with E-state index in [-0.39, 0.29) is 29.6 Å². The molecule has 7 heteroatoms. The lowest BCUT2D eigenvalue weighted by Crippen LogP contribution is -2.07. The minimum Gasteiger partial charge on any atom is -0.482 e. The summed E-state index contributed by atoms with van der Waals surface area (Å²) in [6.07, 6.45) is 1.08. The molecule has 1 aromatic carbocycles. The molecule has 1 heterocycles. The first-order chi connectivity index (χ1) is 9.99. The summed E-state index contributed by atoms with van der Waals surface area (Å²) >= 11 is 0. The Morgan fingerprint density at radius 1 is 1.48 bits per heavy atom. The molecule has 0 aliphatic carbocycles. The van der Waals surface area contributed by atoms with Gasteiger partial charge in [0.15, 0.2) is 23.1 Å². The first-order valence-corrected chi connectivity index (χ1v) is 5.95. The van der Waals surface area contributed by atoms with Crippen LogP contribution in [0.25, 0.3) is 0 Å². The molecule has 0 bridgehead atoms. The summed E-state index contributed by atoms with van der Waals surface area (Å²) in [4.78, 5) is 21.9. The normalized spacial score (nSPS) is 10.2. The molecule has 0 aliphatic heterocycles. The highest BCUT2D eigenvalue weighted by Crippen LogP contribution is 2.22. The molecule has 0 fully saturated rings. The summed E-state index contributed by atoms with van der Waals surface area (Å²) in [7, 11) is 0. The molecule has 0 radical (unpaired) electrons. The third-order valence-corrected chi connectivity index (χ3v) is 2.58. The average molecular weight is 293 g/mol.